The molecule has 1 atom stereocenters. The number of carbonyl (C=O) groups is 1. The van der Waals surface area contributed by atoms with Gasteiger partial charge < -0.3 is 9.80 Å². The number of nitrogens with zero attached hydrogens (tertiary/aromatic N) is 4. The van der Waals surface area contributed by atoms with Gasteiger partial charge in [-0.15, -0.1) is 0 Å². The number of hydrogen-bond donors (Lipinski definition) is 0. The van der Waals surface area contributed by atoms with Crippen LogP contribution in [0.4, 0.5) is 5.69 Å². The molecule has 0 aliphatic carbocycles. The van der Waals surface area contributed by atoms with E-state index in [1.165, 1.54) is 36.9 Å². The average Bonchev–Trinajstić information content (AvgIpc) is 2.75. The Kier molecular flexibility index (Phi) is 6.53. The molecular weight excluding hydrogens is 348 g/mol. The first-order chi connectivity index (χ1) is 13.7. The first-order valence-electron chi connectivity index (χ1n) is 11.3. The van der Waals surface area contributed by atoms with Crippen molar-refractivity contribution in [3.63, 3.8) is 0 Å². The molecule has 0 spiro atoms. The first-order valence-corrected chi connectivity index (χ1v) is 11.3. The smallest absolute Gasteiger partial charge is 0.236 e. The highest BCUT2D eigenvalue weighted by Crippen LogP contribution is 2.23. The Hall–Kier alpha value is -1.59. The van der Waals surface area contributed by atoms with Gasteiger partial charge in [-0.2, -0.15) is 0 Å². The molecule has 3 fully saturated rings. The fourth-order valence-corrected chi connectivity index (χ4v) is 5.13. The Morgan fingerprint density at radius 2 is 1.68 bits per heavy atom. The van der Waals surface area contributed by atoms with Gasteiger partial charge in [-0.05, 0) is 57.3 Å². The number of piperazine rings is 1. The van der Waals surface area contributed by atoms with Gasteiger partial charge in [0.25, 0.3) is 0 Å². The van der Waals surface area contributed by atoms with Crippen LogP contribution < -0.4 is 4.90 Å². The maximum absolute atomic E-state index is 12.8. The molecule has 3 heterocycles. The molecule has 0 bridgehead atoms. The minimum absolute atomic E-state index is 0.352. The summed E-state index contributed by atoms with van der Waals surface area (Å²) in [6.07, 6.45) is 6.21. The summed E-state index contributed by atoms with van der Waals surface area (Å²) in [5.74, 6) is 0.352. The van der Waals surface area contributed by atoms with Gasteiger partial charge in [-0.25, -0.2) is 0 Å². The third-order valence-electron chi connectivity index (χ3n) is 6.84. The number of anilines is 1. The van der Waals surface area contributed by atoms with Gasteiger partial charge in [0.05, 0.1) is 6.54 Å². The Labute approximate surface area is 170 Å². The predicted molar refractivity (Wildman–Crippen MR) is 115 cm³/mol. The topological polar surface area (TPSA) is 30.0 Å². The Morgan fingerprint density at radius 1 is 0.929 bits per heavy atom. The molecule has 0 aromatic heterocycles. The lowest BCUT2D eigenvalue weighted by Gasteiger charge is -2.44. The third-order valence-corrected chi connectivity index (χ3v) is 6.84. The highest BCUT2D eigenvalue weighted by Gasteiger charge is 2.30. The van der Waals surface area contributed by atoms with Crippen LogP contribution in [0.1, 0.15) is 37.7 Å². The van der Waals surface area contributed by atoms with Crippen LogP contribution in [0, 0.1) is 6.92 Å². The molecule has 154 valence electrons. The normalized spacial score (nSPS) is 25.1. The summed E-state index contributed by atoms with van der Waals surface area (Å²) < 4.78 is 0. The molecule has 0 radical (unpaired) electrons. The van der Waals surface area contributed by atoms with E-state index in [1.54, 1.807) is 0 Å². The summed E-state index contributed by atoms with van der Waals surface area (Å²) in [6.45, 7) is 11.3. The Morgan fingerprint density at radius 3 is 2.43 bits per heavy atom. The minimum atomic E-state index is 0.352. The summed E-state index contributed by atoms with van der Waals surface area (Å²) in [7, 11) is 0. The molecule has 1 aromatic carbocycles. The standard InChI is InChI=1S/C23H36N4O/c1-20-8-3-4-10-22(20)26-16-14-25(15-17-26)21-9-7-13-27(18-21)23(28)19-24-11-5-2-6-12-24/h3-4,8,10,21H,2,5-7,9,11-19H2,1H3/t21-/m0/s1. The van der Waals surface area contributed by atoms with Crippen LogP contribution in [0.5, 0.6) is 0 Å². The van der Waals surface area contributed by atoms with E-state index < -0.39 is 0 Å². The summed E-state index contributed by atoms with van der Waals surface area (Å²) in [6, 6.07) is 9.24. The number of carbonyl (C=O) groups excluding carboxylic acids is 1. The van der Waals surface area contributed by atoms with Crippen LogP contribution >= 0.6 is 0 Å². The summed E-state index contributed by atoms with van der Waals surface area (Å²) in [5, 5.41) is 0. The maximum Gasteiger partial charge on any atom is 0.236 e. The van der Waals surface area contributed by atoms with Crippen LogP contribution in [0.3, 0.4) is 0 Å². The van der Waals surface area contributed by atoms with Gasteiger partial charge in [-0.1, -0.05) is 24.6 Å². The molecule has 28 heavy (non-hydrogen) atoms. The lowest BCUT2D eigenvalue weighted by atomic mass is 10.0. The van der Waals surface area contributed by atoms with Crippen molar-refractivity contribution in [2.45, 2.75) is 45.1 Å². The largest absolute Gasteiger partial charge is 0.369 e. The highest BCUT2D eigenvalue weighted by molar-refractivity contribution is 5.78. The molecule has 1 amide bonds. The highest BCUT2D eigenvalue weighted by atomic mass is 16.2. The summed E-state index contributed by atoms with van der Waals surface area (Å²) >= 11 is 0. The zero-order valence-corrected chi connectivity index (χ0v) is 17.5. The van der Waals surface area contributed by atoms with Gasteiger partial charge in [0.15, 0.2) is 0 Å². The Balaban J connectivity index is 1.28. The number of hydrogen-bond acceptors (Lipinski definition) is 4. The van der Waals surface area contributed by atoms with E-state index in [2.05, 4.69) is 50.8 Å². The van der Waals surface area contributed by atoms with Crippen molar-refractivity contribution in [3.05, 3.63) is 29.8 Å². The van der Waals surface area contributed by atoms with E-state index in [-0.39, 0.29) is 0 Å². The maximum atomic E-state index is 12.8. The van der Waals surface area contributed by atoms with E-state index in [1.807, 2.05) is 0 Å². The molecule has 3 aliphatic heterocycles. The van der Waals surface area contributed by atoms with E-state index in [0.29, 0.717) is 18.5 Å². The molecule has 0 saturated carbocycles. The fourth-order valence-electron chi connectivity index (χ4n) is 5.13. The molecule has 1 aromatic rings. The van der Waals surface area contributed by atoms with Crippen molar-refractivity contribution in [1.29, 1.82) is 0 Å². The van der Waals surface area contributed by atoms with Gasteiger partial charge >= 0.3 is 0 Å². The van der Waals surface area contributed by atoms with Gasteiger partial charge in [0, 0.05) is 51.0 Å². The SMILES string of the molecule is Cc1ccccc1N1CCN([C@H]2CCCN(C(=O)CN3CCCCC3)C2)CC1. The van der Waals surface area contributed by atoms with Crippen LogP contribution in [-0.2, 0) is 4.79 Å². The van der Waals surface area contributed by atoms with Crippen LogP contribution in [-0.4, -0.2) is 85.6 Å². The second-order valence-corrected chi connectivity index (χ2v) is 8.78. The zero-order valence-electron chi connectivity index (χ0n) is 17.5. The predicted octanol–water partition coefficient (Wildman–Crippen LogP) is 2.59. The lowest BCUT2D eigenvalue weighted by molar-refractivity contribution is -0.134. The molecule has 0 N–H and O–H groups in total. The van der Waals surface area contributed by atoms with Gasteiger partial charge in [0.2, 0.25) is 5.91 Å². The molecule has 3 saturated heterocycles. The molecule has 5 nitrogen and oxygen atoms in total. The number of amides is 1. The third kappa shape index (κ3) is 4.69. The molecule has 5 heteroatoms. The minimum Gasteiger partial charge on any atom is -0.369 e. The Bertz CT molecular complexity index is 650. The van der Waals surface area contributed by atoms with Crippen molar-refractivity contribution < 1.29 is 4.79 Å². The number of piperidine rings is 2. The first kappa shape index (κ1) is 19.7. The van der Waals surface area contributed by atoms with Crippen molar-refractivity contribution in [2.75, 3.05) is 63.8 Å². The molecule has 0 unspecified atom stereocenters. The van der Waals surface area contributed by atoms with Crippen molar-refractivity contribution >= 4 is 11.6 Å². The number of rotatable bonds is 4. The van der Waals surface area contributed by atoms with Crippen LogP contribution in [0.15, 0.2) is 24.3 Å². The van der Waals surface area contributed by atoms with Crippen LogP contribution in [0.2, 0.25) is 0 Å². The second-order valence-electron chi connectivity index (χ2n) is 8.78. The molecule has 3 aliphatic rings. The second kappa shape index (κ2) is 9.27. The summed E-state index contributed by atoms with van der Waals surface area (Å²) in [5.41, 5.74) is 2.74. The number of benzene rings is 1. The van der Waals surface area contributed by atoms with Gasteiger partial charge in [-0.3, -0.25) is 14.6 Å². The molecular formula is C23H36N4O. The van der Waals surface area contributed by atoms with Crippen molar-refractivity contribution in [1.82, 2.24) is 14.7 Å². The van der Waals surface area contributed by atoms with Crippen molar-refractivity contribution in [3.8, 4) is 0 Å². The lowest BCUT2D eigenvalue weighted by Crippen LogP contribution is -2.56. The number of likely N-dealkylation sites (tertiary alicyclic amines) is 2. The number of para-hydroxylation sites is 1. The average molecular weight is 385 g/mol. The van der Waals surface area contributed by atoms with Gasteiger partial charge in [0.1, 0.15) is 0 Å². The van der Waals surface area contributed by atoms with Crippen molar-refractivity contribution in [2.24, 2.45) is 0 Å². The monoisotopic (exact) mass is 384 g/mol. The van der Waals surface area contributed by atoms with Crippen LogP contribution in [0.25, 0.3) is 0 Å². The molecule has 4 rings (SSSR count). The van der Waals surface area contributed by atoms with E-state index in [0.717, 1.165) is 58.8 Å². The quantitative estimate of drug-likeness (QED) is 0.798. The number of aryl methyl sites for hydroxylation is 1. The van der Waals surface area contributed by atoms with E-state index >= 15 is 0 Å². The fraction of sp³-hybridized carbons (Fsp3) is 0.696. The van der Waals surface area contributed by atoms with E-state index in [4.69, 9.17) is 0 Å². The zero-order chi connectivity index (χ0) is 19.3. The van der Waals surface area contributed by atoms with E-state index in [9.17, 15) is 4.79 Å². The summed E-state index contributed by atoms with van der Waals surface area (Å²) in [4.78, 5) is 22.5.